The number of benzene rings is 2. The summed E-state index contributed by atoms with van der Waals surface area (Å²) in [5.74, 6) is 1.60. The van der Waals surface area contributed by atoms with E-state index >= 15 is 0 Å². The van der Waals surface area contributed by atoms with E-state index in [2.05, 4.69) is 6.07 Å². The first-order chi connectivity index (χ1) is 16.5. The Hall–Kier alpha value is -3.02. The van der Waals surface area contributed by atoms with Crippen LogP contribution in [0.4, 0.5) is 0 Å². The first kappa shape index (κ1) is 24.1. The summed E-state index contributed by atoms with van der Waals surface area (Å²) < 4.78 is 11.7. The zero-order chi connectivity index (χ0) is 24.0. The monoisotopic (exact) mass is 464 g/mol. The second-order valence-electron chi connectivity index (χ2n) is 9.79. The molecule has 0 bridgehead atoms. The second-order valence-corrected chi connectivity index (χ2v) is 9.79. The Morgan fingerprint density at radius 1 is 1.03 bits per heavy atom. The normalized spacial score (nSPS) is 18.9. The number of hydrogen-bond donors (Lipinski definition) is 0. The fraction of sp³-hybridized carbons (Fsp3) is 0.500. The third-order valence-electron chi connectivity index (χ3n) is 7.35. The van der Waals surface area contributed by atoms with E-state index in [0.29, 0.717) is 19.6 Å². The Kier molecular flexibility index (Phi) is 7.76. The largest absolute Gasteiger partial charge is 0.484 e. The van der Waals surface area contributed by atoms with Crippen LogP contribution in [0.15, 0.2) is 48.5 Å². The third-order valence-corrected chi connectivity index (χ3v) is 7.35. The molecule has 2 aromatic carbocycles. The number of nitrogens with zero attached hydrogens (tertiary/aromatic N) is 2. The van der Waals surface area contributed by atoms with Crippen LogP contribution >= 0.6 is 0 Å². The zero-order valence-electron chi connectivity index (χ0n) is 20.4. The lowest BCUT2D eigenvalue weighted by Crippen LogP contribution is -2.49. The molecule has 34 heavy (non-hydrogen) atoms. The maximum Gasteiger partial charge on any atom is 0.260 e. The zero-order valence-corrected chi connectivity index (χ0v) is 20.4. The number of rotatable bonds is 3. The maximum atomic E-state index is 12.8. The molecule has 0 atom stereocenters. The number of amides is 2. The highest BCUT2D eigenvalue weighted by Crippen LogP contribution is 2.38. The van der Waals surface area contributed by atoms with Crippen LogP contribution in [0, 0.1) is 12.3 Å². The number of aryl methyl sites for hydroxylation is 2. The Balaban J connectivity index is 1.36. The summed E-state index contributed by atoms with van der Waals surface area (Å²) in [4.78, 5) is 29.4. The van der Waals surface area contributed by atoms with Crippen molar-refractivity contribution < 1.29 is 19.1 Å². The van der Waals surface area contributed by atoms with Crippen LogP contribution in [0.25, 0.3) is 0 Å². The molecule has 182 valence electrons. The fourth-order valence-electron chi connectivity index (χ4n) is 5.17. The Bertz CT molecular complexity index is 997. The van der Waals surface area contributed by atoms with Gasteiger partial charge in [-0.3, -0.25) is 9.59 Å². The maximum absolute atomic E-state index is 12.8. The number of carbonyl (C=O) groups excluding carboxylic acids is 2. The van der Waals surface area contributed by atoms with Crippen LogP contribution in [-0.2, 0) is 16.0 Å². The van der Waals surface area contributed by atoms with Gasteiger partial charge in [0.05, 0.1) is 0 Å². The number of hydrogen-bond acceptors (Lipinski definition) is 4. The minimum Gasteiger partial charge on any atom is -0.484 e. The molecule has 0 radical (unpaired) electrons. The number of carbonyl (C=O) groups is 2. The van der Waals surface area contributed by atoms with E-state index in [4.69, 9.17) is 9.47 Å². The van der Waals surface area contributed by atoms with Gasteiger partial charge in [0.1, 0.15) is 11.5 Å². The highest BCUT2D eigenvalue weighted by molar-refractivity contribution is 5.78. The number of piperidine rings is 1. The summed E-state index contributed by atoms with van der Waals surface area (Å²) in [5.41, 5.74) is 2.23. The average Bonchev–Trinajstić information content (AvgIpc) is 2.85. The summed E-state index contributed by atoms with van der Waals surface area (Å²) in [5, 5.41) is 0. The number of likely N-dealkylation sites (N-methyl/N-ethyl adjacent to an activating group) is 1. The lowest BCUT2D eigenvalue weighted by Gasteiger charge is -2.44. The van der Waals surface area contributed by atoms with Crippen molar-refractivity contribution >= 4 is 11.8 Å². The van der Waals surface area contributed by atoms with E-state index in [1.54, 1.807) is 0 Å². The van der Waals surface area contributed by atoms with Crippen molar-refractivity contribution in [1.82, 2.24) is 9.80 Å². The van der Waals surface area contributed by atoms with Gasteiger partial charge in [-0.25, -0.2) is 0 Å². The number of ether oxygens (including phenoxy) is 2. The van der Waals surface area contributed by atoms with Gasteiger partial charge >= 0.3 is 0 Å². The molecule has 0 aromatic heterocycles. The first-order valence-electron chi connectivity index (χ1n) is 12.4. The van der Waals surface area contributed by atoms with Gasteiger partial charge in [-0.2, -0.15) is 0 Å². The molecule has 2 heterocycles. The van der Waals surface area contributed by atoms with Gasteiger partial charge in [0.15, 0.2) is 13.2 Å². The van der Waals surface area contributed by atoms with E-state index in [-0.39, 0.29) is 30.4 Å². The SMILES string of the molecule is Cc1ccccc1OCC(=O)N1CCC2(CCCCc3ccccc3OCC(=O)N(C)C2)CC1. The van der Waals surface area contributed by atoms with Crippen molar-refractivity contribution in [2.45, 2.75) is 45.4 Å². The van der Waals surface area contributed by atoms with Crippen LogP contribution in [-0.4, -0.2) is 61.5 Å². The van der Waals surface area contributed by atoms with E-state index in [1.807, 2.05) is 66.2 Å². The van der Waals surface area contributed by atoms with Crippen LogP contribution in [0.1, 0.15) is 43.2 Å². The van der Waals surface area contributed by atoms with Crippen molar-refractivity contribution in [3.8, 4) is 11.5 Å². The minimum absolute atomic E-state index is 0.000103. The van der Waals surface area contributed by atoms with Gasteiger partial charge in [-0.15, -0.1) is 0 Å². The van der Waals surface area contributed by atoms with E-state index in [0.717, 1.165) is 55.6 Å². The van der Waals surface area contributed by atoms with Crippen LogP contribution < -0.4 is 9.47 Å². The summed E-state index contributed by atoms with van der Waals surface area (Å²) in [6.07, 6.45) is 6.01. The quantitative estimate of drug-likeness (QED) is 0.682. The molecular formula is C28H36N2O4. The van der Waals surface area contributed by atoms with Gasteiger partial charge in [0.25, 0.3) is 11.8 Å². The van der Waals surface area contributed by atoms with Crippen molar-refractivity contribution in [1.29, 1.82) is 0 Å². The van der Waals surface area contributed by atoms with Crippen molar-refractivity contribution in [3.05, 3.63) is 59.7 Å². The fourth-order valence-corrected chi connectivity index (χ4v) is 5.17. The molecule has 0 N–H and O–H groups in total. The van der Waals surface area contributed by atoms with Crippen LogP contribution in [0.5, 0.6) is 11.5 Å². The molecule has 0 saturated carbocycles. The van der Waals surface area contributed by atoms with E-state index in [9.17, 15) is 9.59 Å². The molecule has 2 amide bonds. The molecule has 0 unspecified atom stereocenters. The summed E-state index contributed by atoms with van der Waals surface area (Å²) in [7, 11) is 1.87. The standard InChI is InChI=1S/C28H36N2O4/c1-22-9-3-5-12-24(22)33-20-27(32)30-17-15-28(16-18-30)14-8-7-11-23-10-4-6-13-25(23)34-19-26(31)29(2)21-28/h3-6,9-10,12-13H,7-8,11,14-21H2,1-2H3. The molecule has 2 aliphatic heterocycles. The second kappa shape index (κ2) is 10.9. The molecule has 0 aliphatic carbocycles. The highest BCUT2D eigenvalue weighted by Gasteiger charge is 2.37. The van der Waals surface area contributed by atoms with Gasteiger partial charge < -0.3 is 19.3 Å². The smallest absolute Gasteiger partial charge is 0.260 e. The Morgan fingerprint density at radius 2 is 1.76 bits per heavy atom. The Morgan fingerprint density at radius 3 is 2.56 bits per heavy atom. The number of fused-ring (bicyclic) bond motifs is 1. The Labute approximate surface area is 202 Å². The molecule has 6 nitrogen and oxygen atoms in total. The molecule has 1 saturated heterocycles. The predicted octanol–water partition coefficient (Wildman–Crippen LogP) is 4.25. The van der Waals surface area contributed by atoms with E-state index < -0.39 is 0 Å². The van der Waals surface area contributed by atoms with E-state index in [1.165, 1.54) is 5.56 Å². The molecule has 2 aromatic rings. The van der Waals surface area contributed by atoms with Gasteiger partial charge in [0, 0.05) is 26.7 Å². The number of likely N-dealkylation sites (tertiary alicyclic amines) is 1. The van der Waals surface area contributed by atoms with Crippen LogP contribution in [0.2, 0.25) is 0 Å². The molecule has 2 aliphatic rings. The summed E-state index contributed by atoms with van der Waals surface area (Å²) >= 11 is 0. The average molecular weight is 465 g/mol. The van der Waals surface area contributed by atoms with Gasteiger partial charge in [0.2, 0.25) is 0 Å². The van der Waals surface area contributed by atoms with Gasteiger partial charge in [-0.05, 0) is 67.7 Å². The lowest BCUT2D eigenvalue weighted by molar-refractivity contribution is -0.138. The number of para-hydroxylation sites is 2. The van der Waals surface area contributed by atoms with Crippen molar-refractivity contribution in [2.75, 3.05) is 39.9 Å². The topological polar surface area (TPSA) is 59.1 Å². The first-order valence-corrected chi connectivity index (χ1v) is 12.4. The summed E-state index contributed by atoms with van der Waals surface area (Å²) in [6, 6.07) is 15.8. The minimum atomic E-state index is -0.000103. The molecule has 6 heteroatoms. The van der Waals surface area contributed by atoms with Crippen LogP contribution in [0.3, 0.4) is 0 Å². The molecule has 1 spiro atoms. The molecule has 1 fully saturated rings. The summed E-state index contributed by atoms with van der Waals surface area (Å²) in [6.45, 7) is 4.22. The molecule has 4 rings (SSSR count). The third kappa shape index (κ3) is 5.91. The predicted molar refractivity (Wildman–Crippen MR) is 132 cm³/mol. The highest BCUT2D eigenvalue weighted by atomic mass is 16.5. The lowest BCUT2D eigenvalue weighted by atomic mass is 9.73. The molecular weight excluding hydrogens is 428 g/mol. The van der Waals surface area contributed by atoms with Crippen molar-refractivity contribution in [2.24, 2.45) is 5.41 Å². The van der Waals surface area contributed by atoms with Crippen molar-refractivity contribution in [3.63, 3.8) is 0 Å². The van der Waals surface area contributed by atoms with Gasteiger partial charge in [-0.1, -0.05) is 42.8 Å².